The fourth-order valence-corrected chi connectivity index (χ4v) is 3.81. The van der Waals surface area contributed by atoms with Crippen molar-refractivity contribution in [3.63, 3.8) is 0 Å². The second-order valence-corrected chi connectivity index (χ2v) is 8.81. The van der Waals surface area contributed by atoms with Crippen LogP contribution < -0.4 is 15.4 Å². The molecule has 9 nitrogen and oxygen atoms in total. The SMILES string of the molecule is CCNC(=NCC(C)(C)NS(C)(=O)=O)NC1CCN(C(=O)OCC)CC1. The minimum atomic E-state index is -3.30. The number of carbonyl (C=O) groups excluding carboxylic acids is 1. The van der Waals surface area contributed by atoms with E-state index in [2.05, 4.69) is 20.3 Å². The van der Waals surface area contributed by atoms with E-state index in [1.54, 1.807) is 25.7 Å². The molecule has 152 valence electrons. The highest BCUT2D eigenvalue weighted by molar-refractivity contribution is 7.88. The zero-order valence-electron chi connectivity index (χ0n) is 16.5. The number of sulfonamides is 1. The minimum Gasteiger partial charge on any atom is -0.450 e. The third-order valence-electron chi connectivity index (χ3n) is 3.80. The summed E-state index contributed by atoms with van der Waals surface area (Å²) in [7, 11) is -3.30. The van der Waals surface area contributed by atoms with Crippen LogP contribution in [0.25, 0.3) is 0 Å². The average molecular weight is 392 g/mol. The Morgan fingerprint density at radius 3 is 2.38 bits per heavy atom. The quantitative estimate of drug-likeness (QED) is 0.430. The van der Waals surface area contributed by atoms with Gasteiger partial charge in [0.1, 0.15) is 0 Å². The molecule has 0 bridgehead atoms. The van der Waals surface area contributed by atoms with Crippen LogP contribution in [0.15, 0.2) is 4.99 Å². The Bertz CT molecular complexity index is 583. The van der Waals surface area contributed by atoms with E-state index in [0.717, 1.165) is 19.1 Å². The van der Waals surface area contributed by atoms with Gasteiger partial charge in [0.25, 0.3) is 0 Å². The lowest BCUT2D eigenvalue weighted by Gasteiger charge is -2.32. The standard InChI is InChI=1S/C16H33N5O4S/c1-6-17-14(18-12-16(3,4)20-26(5,23)24)19-13-8-10-21(11-9-13)15(22)25-7-2/h13,20H,6-12H2,1-5H3,(H2,17,18,19). The van der Waals surface area contributed by atoms with Crippen LogP contribution in [0.4, 0.5) is 4.79 Å². The molecule has 0 atom stereocenters. The minimum absolute atomic E-state index is 0.199. The Hall–Kier alpha value is -1.55. The number of nitrogens with one attached hydrogen (secondary N) is 3. The van der Waals surface area contributed by atoms with E-state index in [1.165, 1.54) is 0 Å². The highest BCUT2D eigenvalue weighted by Gasteiger charge is 2.25. The third kappa shape index (κ3) is 8.70. The fraction of sp³-hybridized carbons (Fsp3) is 0.875. The molecular weight excluding hydrogens is 358 g/mol. The predicted molar refractivity (Wildman–Crippen MR) is 103 cm³/mol. The van der Waals surface area contributed by atoms with Crippen molar-refractivity contribution < 1.29 is 17.9 Å². The van der Waals surface area contributed by atoms with Crippen LogP contribution in [0.5, 0.6) is 0 Å². The average Bonchev–Trinajstić information content (AvgIpc) is 2.51. The topological polar surface area (TPSA) is 112 Å². The van der Waals surface area contributed by atoms with Gasteiger partial charge in [0.15, 0.2) is 5.96 Å². The predicted octanol–water partition coefficient (Wildman–Crippen LogP) is 0.490. The smallest absolute Gasteiger partial charge is 0.409 e. The maximum atomic E-state index is 11.7. The van der Waals surface area contributed by atoms with E-state index in [-0.39, 0.29) is 12.1 Å². The summed E-state index contributed by atoms with van der Waals surface area (Å²) in [6.07, 6.45) is 2.47. The van der Waals surface area contributed by atoms with Gasteiger partial charge in [-0.1, -0.05) is 0 Å². The first-order chi connectivity index (χ1) is 12.1. The molecule has 0 saturated carbocycles. The molecule has 0 aliphatic carbocycles. The lowest BCUT2D eigenvalue weighted by molar-refractivity contribution is 0.0963. The van der Waals surface area contributed by atoms with Crippen molar-refractivity contribution in [2.45, 2.75) is 52.1 Å². The molecule has 1 fully saturated rings. The fourth-order valence-electron chi connectivity index (χ4n) is 2.75. The Kier molecular flexibility index (Phi) is 8.61. The summed E-state index contributed by atoms with van der Waals surface area (Å²) in [5.74, 6) is 0.644. The first-order valence-electron chi connectivity index (χ1n) is 9.02. The van der Waals surface area contributed by atoms with Crippen LogP contribution in [0.1, 0.15) is 40.5 Å². The first-order valence-corrected chi connectivity index (χ1v) is 10.9. The number of amides is 1. The number of guanidine groups is 1. The van der Waals surface area contributed by atoms with Crippen LogP contribution in [0.2, 0.25) is 0 Å². The van der Waals surface area contributed by atoms with Crippen molar-refractivity contribution in [3.8, 4) is 0 Å². The van der Waals surface area contributed by atoms with Gasteiger partial charge in [-0.3, -0.25) is 4.99 Å². The molecule has 1 heterocycles. The number of hydrogen-bond acceptors (Lipinski definition) is 5. The van der Waals surface area contributed by atoms with Crippen molar-refractivity contribution >= 4 is 22.1 Å². The third-order valence-corrected chi connectivity index (χ3v) is 4.72. The number of ether oxygens (including phenoxy) is 1. The van der Waals surface area contributed by atoms with Crippen molar-refractivity contribution in [1.82, 2.24) is 20.3 Å². The van der Waals surface area contributed by atoms with Crippen LogP contribution in [-0.4, -0.2) is 76.0 Å². The number of carbonyl (C=O) groups is 1. The van der Waals surface area contributed by atoms with Gasteiger partial charge in [0.05, 0.1) is 19.4 Å². The summed E-state index contributed by atoms with van der Waals surface area (Å²) in [6.45, 7) is 10.0. The van der Waals surface area contributed by atoms with Crippen molar-refractivity contribution in [1.29, 1.82) is 0 Å². The summed E-state index contributed by atoms with van der Waals surface area (Å²) in [4.78, 5) is 18.0. The van der Waals surface area contributed by atoms with Gasteiger partial charge in [0, 0.05) is 31.2 Å². The van der Waals surface area contributed by atoms with Crippen LogP contribution >= 0.6 is 0 Å². The summed E-state index contributed by atoms with van der Waals surface area (Å²) in [6, 6.07) is 0.199. The number of nitrogens with zero attached hydrogens (tertiary/aromatic N) is 2. The number of likely N-dealkylation sites (tertiary alicyclic amines) is 1. The van der Waals surface area contributed by atoms with E-state index < -0.39 is 15.6 Å². The number of rotatable bonds is 7. The Labute approximate surface area is 157 Å². The van der Waals surface area contributed by atoms with E-state index in [4.69, 9.17) is 4.74 Å². The lowest BCUT2D eigenvalue weighted by atomic mass is 10.1. The molecule has 1 aliphatic rings. The highest BCUT2D eigenvalue weighted by Crippen LogP contribution is 2.12. The Balaban J connectivity index is 2.59. The van der Waals surface area contributed by atoms with Gasteiger partial charge in [-0.2, -0.15) is 0 Å². The normalized spacial score (nSPS) is 17.1. The second-order valence-electron chi connectivity index (χ2n) is 7.06. The van der Waals surface area contributed by atoms with E-state index in [0.29, 0.717) is 38.7 Å². The molecule has 0 aromatic heterocycles. The van der Waals surface area contributed by atoms with Crippen LogP contribution in [0.3, 0.4) is 0 Å². The monoisotopic (exact) mass is 391 g/mol. The van der Waals surface area contributed by atoms with Gasteiger partial charge in [-0.25, -0.2) is 17.9 Å². The van der Waals surface area contributed by atoms with E-state index >= 15 is 0 Å². The molecule has 0 unspecified atom stereocenters. The molecule has 1 rings (SSSR count). The van der Waals surface area contributed by atoms with E-state index in [9.17, 15) is 13.2 Å². The van der Waals surface area contributed by atoms with Gasteiger partial charge in [-0.15, -0.1) is 0 Å². The van der Waals surface area contributed by atoms with Crippen LogP contribution in [-0.2, 0) is 14.8 Å². The Morgan fingerprint density at radius 1 is 1.27 bits per heavy atom. The lowest BCUT2D eigenvalue weighted by Crippen LogP contribution is -2.51. The number of aliphatic imine (C=N–C) groups is 1. The van der Waals surface area contributed by atoms with Crippen LogP contribution in [0, 0.1) is 0 Å². The molecule has 1 saturated heterocycles. The summed E-state index contributed by atoms with van der Waals surface area (Å²) in [5, 5.41) is 6.54. The summed E-state index contributed by atoms with van der Waals surface area (Å²) in [5.41, 5.74) is -0.677. The Morgan fingerprint density at radius 2 is 1.88 bits per heavy atom. The van der Waals surface area contributed by atoms with Gasteiger partial charge < -0.3 is 20.3 Å². The maximum Gasteiger partial charge on any atom is 0.409 e. The molecule has 0 aromatic carbocycles. The number of piperidine rings is 1. The summed E-state index contributed by atoms with van der Waals surface area (Å²) < 4.78 is 30.5. The molecule has 0 aromatic rings. The second kappa shape index (κ2) is 9.96. The zero-order chi connectivity index (χ0) is 19.8. The molecule has 26 heavy (non-hydrogen) atoms. The van der Waals surface area contributed by atoms with E-state index in [1.807, 2.05) is 6.92 Å². The zero-order valence-corrected chi connectivity index (χ0v) is 17.3. The molecular formula is C16H33N5O4S. The van der Waals surface area contributed by atoms with Gasteiger partial charge >= 0.3 is 6.09 Å². The molecule has 0 spiro atoms. The summed E-state index contributed by atoms with van der Waals surface area (Å²) >= 11 is 0. The first kappa shape index (κ1) is 22.5. The van der Waals surface area contributed by atoms with Gasteiger partial charge in [0.2, 0.25) is 10.0 Å². The van der Waals surface area contributed by atoms with Crippen molar-refractivity contribution in [2.24, 2.45) is 4.99 Å². The molecule has 3 N–H and O–H groups in total. The number of hydrogen-bond donors (Lipinski definition) is 3. The van der Waals surface area contributed by atoms with Gasteiger partial charge in [-0.05, 0) is 40.5 Å². The van der Waals surface area contributed by atoms with Crippen molar-refractivity contribution in [2.75, 3.05) is 39.0 Å². The molecule has 0 radical (unpaired) electrons. The molecule has 1 aliphatic heterocycles. The highest BCUT2D eigenvalue weighted by atomic mass is 32.2. The largest absolute Gasteiger partial charge is 0.450 e. The molecule has 10 heteroatoms. The maximum absolute atomic E-state index is 11.7. The molecule has 1 amide bonds. The van der Waals surface area contributed by atoms with Crippen molar-refractivity contribution in [3.05, 3.63) is 0 Å².